The summed E-state index contributed by atoms with van der Waals surface area (Å²) in [5.41, 5.74) is 1.76. The minimum atomic E-state index is 0.412. The van der Waals surface area contributed by atoms with Crippen LogP contribution in [-0.2, 0) is 13.0 Å². The highest BCUT2D eigenvalue weighted by atomic mass is 32.1. The van der Waals surface area contributed by atoms with Gasteiger partial charge in [0.2, 0.25) is 5.95 Å². The first-order valence-electron chi connectivity index (χ1n) is 10.5. The van der Waals surface area contributed by atoms with Gasteiger partial charge in [-0.1, -0.05) is 6.07 Å². The van der Waals surface area contributed by atoms with Crippen LogP contribution in [0.4, 0.5) is 5.95 Å². The molecule has 30 heavy (non-hydrogen) atoms. The maximum atomic E-state index is 5.70. The summed E-state index contributed by atoms with van der Waals surface area (Å²) in [5, 5.41) is 5.84. The minimum Gasteiger partial charge on any atom is -0.444 e. The van der Waals surface area contributed by atoms with Crippen LogP contribution in [-0.4, -0.2) is 50.1 Å². The number of imidazole rings is 1. The molecule has 156 valence electrons. The molecule has 4 aromatic rings. The van der Waals surface area contributed by atoms with E-state index in [4.69, 9.17) is 9.40 Å². The first kappa shape index (κ1) is 19.3. The zero-order valence-electron chi connectivity index (χ0n) is 17.1. The van der Waals surface area contributed by atoms with Gasteiger partial charge in [0, 0.05) is 43.7 Å². The van der Waals surface area contributed by atoms with Crippen molar-refractivity contribution in [2.45, 2.75) is 38.8 Å². The molecule has 1 N–H and O–H groups in total. The Labute approximate surface area is 179 Å². The molecule has 1 aliphatic rings. The predicted molar refractivity (Wildman–Crippen MR) is 119 cm³/mol. The van der Waals surface area contributed by atoms with Gasteiger partial charge < -0.3 is 14.6 Å². The quantitative estimate of drug-likeness (QED) is 0.486. The van der Waals surface area contributed by atoms with Crippen LogP contribution in [0.2, 0.25) is 0 Å². The highest BCUT2D eigenvalue weighted by molar-refractivity contribution is 7.09. The van der Waals surface area contributed by atoms with E-state index >= 15 is 0 Å². The molecule has 0 atom stereocenters. The number of aromatic nitrogens is 4. The SMILES string of the molecule is Cc1ncc(Cn2c(NC3CCN(CCc4cccs4)CC3)nc3cccnc32)o1. The fourth-order valence-electron chi connectivity index (χ4n) is 4.06. The molecule has 0 aliphatic carbocycles. The average Bonchev–Trinajstić information content (AvgIpc) is 3.49. The molecule has 7 nitrogen and oxygen atoms in total. The molecule has 1 saturated heterocycles. The van der Waals surface area contributed by atoms with Crippen LogP contribution in [0, 0.1) is 6.92 Å². The molecule has 4 aromatic heterocycles. The number of pyridine rings is 1. The number of fused-ring (bicyclic) bond motifs is 1. The van der Waals surface area contributed by atoms with Crippen LogP contribution in [0.15, 0.2) is 46.5 Å². The Hall–Kier alpha value is -2.71. The van der Waals surface area contributed by atoms with Crippen molar-refractivity contribution in [3.05, 3.63) is 58.6 Å². The Morgan fingerprint density at radius 1 is 1.20 bits per heavy atom. The summed E-state index contributed by atoms with van der Waals surface area (Å²) in [6.07, 6.45) is 6.96. The predicted octanol–water partition coefficient (Wildman–Crippen LogP) is 3.96. The first-order valence-corrected chi connectivity index (χ1v) is 11.4. The number of nitrogens with one attached hydrogen (secondary N) is 1. The van der Waals surface area contributed by atoms with Gasteiger partial charge in [0.05, 0.1) is 12.7 Å². The van der Waals surface area contributed by atoms with Gasteiger partial charge in [-0.25, -0.2) is 15.0 Å². The molecule has 8 heteroatoms. The number of piperidine rings is 1. The van der Waals surface area contributed by atoms with E-state index in [0.29, 0.717) is 18.5 Å². The van der Waals surface area contributed by atoms with Gasteiger partial charge >= 0.3 is 0 Å². The molecule has 0 unspecified atom stereocenters. The Morgan fingerprint density at radius 2 is 2.10 bits per heavy atom. The molecule has 1 aliphatic heterocycles. The minimum absolute atomic E-state index is 0.412. The van der Waals surface area contributed by atoms with Crippen molar-refractivity contribution in [1.82, 2.24) is 24.4 Å². The van der Waals surface area contributed by atoms with Gasteiger partial charge in [-0.05, 0) is 42.8 Å². The summed E-state index contributed by atoms with van der Waals surface area (Å²) < 4.78 is 7.80. The van der Waals surface area contributed by atoms with E-state index in [1.807, 2.05) is 36.6 Å². The van der Waals surface area contributed by atoms with Crippen molar-refractivity contribution in [2.75, 3.05) is 25.0 Å². The summed E-state index contributed by atoms with van der Waals surface area (Å²) in [6.45, 7) is 5.79. The van der Waals surface area contributed by atoms with E-state index in [9.17, 15) is 0 Å². The lowest BCUT2D eigenvalue weighted by atomic mass is 10.1. The van der Waals surface area contributed by atoms with Crippen molar-refractivity contribution in [2.24, 2.45) is 0 Å². The largest absolute Gasteiger partial charge is 0.444 e. The highest BCUT2D eigenvalue weighted by Crippen LogP contribution is 2.23. The van der Waals surface area contributed by atoms with E-state index in [1.54, 1.807) is 6.20 Å². The molecular formula is C22H26N6OS. The number of anilines is 1. The normalized spacial score (nSPS) is 15.8. The van der Waals surface area contributed by atoms with Gasteiger partial charge in [0.1, 0.15) is 11.3 Å². The second kappa shape index (κ2) is 8.57. The third-order valence-electron chi connectivity index (χ3n) is 5.66. The van der Waals surface area contributed by atoms with E-state index < -0.39 is 0 Å². The molecule has 5 rings (SSSR count). The number of nitrogens with zero attached hydrogens (tertiary/aromatic N) is 5. The van der Waals surface area contributed by atoms with Gasteiger partial charge in [-0.3, -0.25) is 4.57 Å². The van der Waals surface area contributed by atoms with Gasteiger partial charge in [-0.15, -0.1) is 11.3 Å². The molecular weight excluding hydrogens is 396 g/mol. The van der Waals surface area contributed by atoms with E-state index in [1.165, 1.54) is 4.88 Å². The summed E-state index contributed by atoms with van der Waals surface area (Å²) in [6, 6.07) is 8.71. The monoisotopic (exact) mass is 422 g/mol. The summed E-state index contributed by atoms with van der Waals surface area (Å²) in [7, 11) is 0. The standard InChI is InChI=1S/C22H26N6OS/c1-16-24-14-18(29-16)15-28-21-20(5-2-9-23-21)26-22(28)25-17-6-10-27(11-7-17)12-8-19-4-3-13-30-19/h2-5,9,13-14,17H,6-8,10-12,15H2,1H3,(H,25,26). The van der Waals surface area contributed by atoms with Crippen LogP contribution in [0.3, 0.4) is 0 Å². The molecule has 0 bridgehead atoms. The number of rotatable bonds is 7. The number of hydrogen-bond donors (Lipinski definition) is 1. The van der Waals surface area contributed by atoms with Gasteiger partial charge in [0.25, 0.3) is 0 Å². The zero-order valence-corrected chi connectivity index (χ0v) is 17.9. The van der Waals surface area contributed by atoms with Crippen LogP contribution in [0.5, 0.6) is 0 Å². The maximum Gasteiger partial charge on any atom is 0.205 e. The molecule has 0 aromatic carbocycles. The second-order valence-electron chi connectivity index (χ2n) is 7.80. The van der Waals surface area contributed by atoms with Crippen molar-refractivity contribution in [3.8, 4) is 0 Å². The lowest BCUT2D eigenvalue weighted by Crippen LogP contribution is -2.40. The summed E-state index contributed by atoms with van der Waals surface area (Å²) in [4.78, 5) is 17.6. The van der Waals surface area contributed by atoms with Gasteiger partial charge in [-0.2, -0.15) is 0 Å². The fraction of sp³-hybridized carbons (Fsp3) is 0.409. The maximum absolute atomic E-state index is 5.70. The van der Waals surface area contributed by atoms with Crippen LogP contribution in [0.1, 0.15) is 29.4 Å². The number of hydrogen-bond acceptors (Lipinski definition) is 7. The molecule has 1 fully saturated rings. The second-order valence-corrected chi connectivity index (χ2v) is 8.84. The number of oxazole rings is 1. The van der Waals surface area contributed by atoms with Crippen molar-refractivity contribution in [1.29, 1.82) is 0 Å². The lowest BCUT2D eigenvalue weighted by Gasteiger charge is -2.32. The van der Waals surface area contributed by atoms with Crippen molar-refractivity contribution >= 4 is 28.4 Å². The summed E-state index contributed by atoms with van der Waals surface area (Å²) >= 11 is 1.85. The topological polar surface area (TPSA) is 72.0 Å². The fourth-order valence-corrected chi connectivity index (χ4v) is 4.76. The third kappa shape index (κ3) is 4.24. The van der Waals surface area contributed by atoms with E-state index in [-0.39, 0.29) is 0 Å². The highest BCUT2D eigenvalue weighted by Gasteiger charge is 2.22. The zero-order chi connectivity index (χ0) is 20.3. The molecule has 0 saturated carbocycles. The third-order valence-corrected chi connectivity index (χ3v) is 6.60. The number of likely N-dealkylation sites (tertiary alicyclic amines) is 1. The Balaban J connectivity index is 1.25. The number of thiophene rings is 1. The molecule has 0 radical (unpaired) electrons. The Kier molecular flexibility index (Phi) is 5.50. The van der Waals surface area contributed by atoms with E-state index in [0.717, 1.165) is 61.8 Å². The smallest absolute Gasteiger partial charge is 0.205 e. The van der Waals surface area contributed by atoms with Crippen LogP contribution >= 0.6 is 11.3 Å². The Bertz CT molecular complexity index is 1090. The molecule has 0 amide bonds. The van der Waals surface area contributed by atoms with Crippen LogP contribution < -0.4 is 5.32 Å². The first-order chi connectivity index (χ1) is 14.7. The van der Waals surface area contributed by atoms with E-state index in [2.05, 4.69) is 42.3 Å². The lowest BCUT2D eigenvalue weighted by molar-refractivity contribution is 0.221. The summed E-state index contributed by atoms with van der Waals surface area (Å²) in [5.74, 6) is 2.34. The van der Waals surface area contributed by atoms with Crippen molar-refractivity contribution in [3.63, 3.8) is 0 Å². The Morgan fingerprint density at radius 3 is 2.87 bits per heavy atom. The molecule has 0 spiro atoms. The molecule has 5 heterocycles. The van der Waals surface area contributed by atoms with Crippen molar-refractivity contribution < 1.29 is 4.42 Å². The number of aryl methyl sites for hydroxylation is 1. The van der Waals surface area contributed by atoms with Crippen LogP contribution in [0.25, 0.3) is 11.2 Å². The van der Waals surface area contributed by atoms with Gasteiger partial charge in [0.15, 0.2) is 11.5 Å². The average molecular weight is 423 g/mol.